The third kappa shape index (κ3) is 7.72. The molecule has 0 amide bonds. The first-order chi connectivity index (χ1) is 10.7. The summed E-state index contributed by atoms with van der Waals surface area (Å²) in [7, 11) is 0. The van der Waals surface area contributed by atoms with E-state index in [2.05, 4.69) is 15.9 Å². The first-order valence-corrected chi connectivity index (χ1v) is 7.57. The van der Waals surface area contributed by atoms with Crippen LogP contribution in [0.15, 0.2) is 70.2 Å². The van der Waals surface area contributed by atoms with Crippen molar-refractivity contribution in [2.75, 3.05) is 0 Å². The van der Waals surface area contributed by atoms with Crippen LogP contribution in [-0.2, 0) is 9.59 Å². The molecule has 0 saturated carbocycles. The van der Waals surface area contributed by atoms with Gasteiger partial charge in [-0.25, -0.2) is 0 Å². The molecule has 0 aliphatic heterocycles. The summed E-state index contributed by atoms with van der Waals surface area (Å²) >= 11 is 8.60. The van der Waals surface area contributed by atoms with Crippen LogP contribution in [0.25, 0.3) is 12.2 Å². The number of rotatable bonds is 4. The second kappa shape index (κ2) is 10.7. The number of benzene rings is 2. The van der Waals surface area contributed by atoms with Crippen molar-refractivity contribution < 1.29 is 9.59 Å². The Kier molecular flexibility index (Phi) is 8.80. The Hall–Kier alpha value is -1.97. The number of allylic oxidation sites excluding steroid dienone is 2. The van der Waals surface area contributed by atoms with Gasteiger partial charge < -0.3 is 0 Å². The van der Waals surface area contributed by atoms with E-state index in [0.717, 1.165) is 17.4 Å². The lowest BCUT2D eigenvalue weighted by molar-refractivity contribution is -0.105. The highest BCUT2D eigenvalue weighted by atomic mass is 79.9. The highest BCUT2D eigenvalue weighted by molar-refractivity contribution is 9.12. The van der Waals surface area contributed by atoms with Crippen LogP contribution >= 0.6 is 27.5 Å². The van der Waals surface area contributed by atoms with Gasteiger partial charge >= 0.3 is 0 Å². The van der Waals surface area contributed by atoms with E-state index < -0.39 is 0 Å². The summed E-state index contributed by atoms with van der Waals surface area (Å²) in [6, 6.07) is 19.1. The summed E-state index contributed by atoms with van der Waals surface area (Å²) in [6.07, 6.45) is 4.78. The minimum absolute atomic E-state index is 0.219. The van der Waals surface area contributed by atoms with Crippen molar-refractivity contribution in [1.82, 2.24) is 0 Å². The number of halogens is 2. The highest BCUT2D eigenvalue weighted by Crippen LogP contribution is 2.09. The molecule has 0 fully saturated rings. The third-order valence-corrected chi connectivity index (χ3v) is 3.05. The molecule has 0 aromatic heterocycles. The summed E-state index contributed by atoms with van der Waals surface area (Å²) < 4.78 is 0.559. The molecular weight excluding hydrogens is 364 g/mol. The van der Waals surface area contributed by atoms with Gasteiger partial charge in [0.25, 0.3) is 0 Å². The van der Waals surface area contributed by atoms with Crippen LogP contribution in [0.5, 0.6) is 0 Å². The lowest BCUT2D eigenvalue weighted by atomic mass is 10.2. The summed E-state index contributed by atoms with van der Waals surface area (Å²) in [5.41, 5.74) is 1.95. The maximum Gasteiger partial charge on any atom is 0.161 e. The maximum atomic E-state index is 10.2. The van der Waals surface area contributed by atoms with Gasteiger partial charge in [0.05, 0.1) is 9.51 Å². The lowest BCUT2D eigenvalue weighted by Gasteiger charge is -1.89. The predicted molar refractivity (Wildman–Crippen MR) is 95.7 cm³/mol. The molecule has 2 rings (SSSR count). The second-order valence-electron chi connectivity index (χ2n) is 4.12. The minimum Gasteiger partial charge on any atom is -0.297 e. The maximum absolute atomic E-state index is 10.2. The molecule has 0 aliphatic carbocycles. The van der Waals surface area contributed by atoms with E-state index in [1.165, 1.54) is 0 Å². The Balaban J connectivity index is 0.000000220. The summed E-state index contributed by atoms with van der Waals surface area (Å²) in [5, 5.41) is 0.219. The third-order valence-electron chi connectivity index (χ3n) is 2.43. The smallest absolute Gasteiger partial charge is 0.161 e. The molecule has 0 aliphatic rings. The van der Waals surface area contributed by atoms with E-state index in [1.54, 1.807) is 12.2 Å². The van der Waals surface area contributed by atoms with Crippen LogP contribution < -0.4 is 0 Å². The summed E-state index contributed by atoms with van der Waals surface area (Å²) in [4.78, 5) is 20.3. The molecule has 0 heterocycles. The number of hydrogen-bond acceptors (Lipinski definition) is 2. The van der Waals surface area contributed by atoms with Gasteiger partial charge in [-0.2, -0.15) is 0 Å². The van der Waals surface area contributed by atoms with E-state index in [9.17, 15) is 9.59 Å². The van der Waals surface area contributed by atoms with Crippen LogP contribution in [0.2, 0.25) is 0 Å². The number of hydrogen-bond donors (Lipinski definition) is 0. The van der Waals surface area contributed by atoms with Gasteiger partial charge in [-0.1, -0.05) is 72.3 Å². The van der Waals surface area contributed by atoms with Crippen LogP contribution in [0.4, 0.5) is 0 Å². The molecule has 0 saturated heterocycles. The van der Waals surface area contributed by atoms with Crippen LogP contribution in [0.3, 0.4) is 0 Å². The summed E-state index contributed by atoms with van der Waals surface area (Å²) in [5.74, 6) is 0. The van der Waals surface area contributed by atoms with Crippen molar-refractivity contribution >= 4 is 52.3 Å². The average molecular weight is 378 g/mol. The Bertz CT molecular complexity index is 590. The van der Waals surface area contributed by atoms with Crippen molar-refractivity contribution in [1.29, 1.82) is 0 Å². The van der Waals surface area contributed by atoms with Gasteiger partial charge in [0.15, 0.2) is 12.6 Å². The number of carbonyl (C=O) groups is 2. The number of carbonyl (C=O) groups excluding carboxylic acids is 2. The topological polar surface area (TPSA) is 34.1 Å². The van der Waals surface area contributed by atoms with Gasteiger partial charge in [-0.05, 0) is 39.2 Å². The zero-order valence-corrected chi connectivity index (χ0v) is 14.0. The Labute approximate surface area is 143 Å². The van der Waals surface area contributed by atoms with Gasteiger partial charge in [0, 0.05) is 0 Å². The standard InChI is InChI=1S/C9H7BrO.C9H7ClO/c2*10-9(7-11)6-8-4-2-1-3-5-8/h2*1-7H/b2*9-6-. The molecule has 112 valence electrons. The molecule has 0 atom stereocenters. The van der Waals surface area contributed by atoms with Crippen LogP contribution in [0.1, 0.15) is 11.1 Å². The van der Waals surface area contributed by atoms with Crippen molar-refractivity contribution in [3.05, 3.63) is 81.3 Å². The zero-order chi connectivity index (χ0) is 16.2. The SMILES string of the molecule is O=C/C(Br)=C/c1ccccc1.O=C/C(Cl)=C/c1ccccc1. The fraction of sp³-hybridized carbons (Fsp3) is 0. The van der Waals surface area contributed by atoms with E-state index >= 15 is 0 Å². The lowest BCUT2D eigenvalue weighted by Crippen LogP contribution is -1.73. The van der Waals surface area contributed by atoms with Crippen LogP contribution in [0, 0.1) is 0 Å². The van der Waals surface area contributed by atoms with Crippen molar-refractivity contribution in [3.8, 4) is 0 Å². The summed E-state index contributed by atoms with van der Waals surface area (Å²) in [6.45, 7) is 0. The fourth-order valence-electron chi connectivity index (χ4n) is 1.49. The fourth-order valence-corrected chi connectivity index (χ4v) is 1.88. The Morgan fingerprint density at radius 3 is 1.64 bits per heavy atom. The molecular formula is C18H14BrClO2. The molecule has 0 spiro atoms. The van der Waals surface area contributed by atoms with Crippen molar-refractivity contribution in [3.63, 3.8) is 0 Å². The molecule has 0 bridgehead atoms. The van der Waals surface area contributed by atoms with Gasteiger partial charge in [0.2, 0.25) is 0 Å². The molecule has 0 radical (unpaired) electrons. The highest BCUT2D eigenvalue weighted by Gasteiger charge is 1.88. The first kappa shape index (κ1) is 18.1. The Morgan fingerprint density at radius 1 is 0.773 bits per heavy atom. The normalized spacial score (nSPS) is 11.2. The van der Waals surface area contributed by atoms with Gasteiger partial charge in [0.1, 0.15) is 0 Å². The molecule has 0 unspecified atom stereocenters. The molecule has 2 aromatic rings. The molecule has 2 nitrogen and oxygen atoms in total. The largest absolute Gasteiger partial charge is 0.297 e. The monoisotopic (exact) mass is 376 g/mol. The van der Waals surface area contributed by atoms with E-state index in [-0.39, 0.29) is 5.03 Å². The number of aldehydes is 2. The first-order valence-electron chi connectivity index (χ1n) is 6.40. The minimum atomic E-state index is 0.219. The average Bonchev–Trinajstić information content (AvgIpc) is 2.57. The second-order valence-corrected chi connectivity index (χ2v) is 5.47. The van der Waals surface area contributed by atoms with E-state index in [1.807, 2.05) is 60.7 Å². The quantitative estimate of drug-likeness (QED) is 0.549. The predicted octanol–water partition coefficient (Wildman–Crippen LogP) is 5.09. The van der Waals surface area contributed by atoms with Gasteiger partial charge in [-0.15, -0.1) is 0 Å². The molecule has 22 heavy (non-hydrogen) atoms. The Morgan fingerprint density at radius 2 is 1.23 bits per heavy atom. The van der Waals surface area contributed by atoms with Crippen molar-refractivity contribution in [2.45, 2.75) is 0 Å². The molecule has 2 aromatic carbocycles. The van der Waals surface area contributed by atoms with Gasteiger partial charge in [-0.3, -0.25) is 9.59 Å². The van der Waals surface area contributed by atoms with E-state index in [4.69, 9.17) is 11.6 Å². The van der Waals surface area contributed by atoms with E-state index in [0.29, 0.717) is 10.8 Å². The molecule has 0 N–H and O–H groups in total. The molecule has 4 heteroatoms. The van der Waals surface area contributed by atoms with Crippen molar-refractivity contribution in [2.24, 2.45) is 0 Å². The zero-order valence-electron chi connectivity index (χ0n) is 11.7. The van der Waals surface area contributed by atoms with Crippen LogP contribution in [-0.4, -0.2) is 12.6 Å².